The fraction of sp³-hybridized carbons (Fsp3) is 0.300. The van der Waals surface area contributed by atoms with E-state index in [-0.39, 0.29) is 13.2 Å². The minimum Gasteiger partial charge on any atom is -0.395 e. The standard InChI is InChI=1S/C20H16N2O5/c23-10-9-21-18(24)16-15-11-5-1-3-7-13(11)20(22(26)27,17(16)19(21)25)14-8-4-2-6-12(14)15/h1-8,15-17,23H,9-10H2/t15?,16-,17+,20?/m1/s1. The Bertz CT molecular complexity index is 969. The van der Waals surface area contributed by atoms with Gasteiger partial charge in [0.25, 0.3) is 5.54 Å². The predicted molar refractivity (Wildman–Crippen MR) is 93.3 cm³/mol. The summed E-state index contributed by atoms with van der Waals surface area (Å²) in [5, 5.41) is 21.9. The Kier molecular flexibility index (Phi) is 3.13. The van der Waals surface area contributed by atoms with E-state index >= 15 is 0 Å². The lowest BCUT2D eigenvalue weighted by Gasteiger charge is -2.48. The van der Waals surface area contributed by atoms with Gasteiger partial charge in [0.15, 0.2) is 0 Å². The van der Waals surface area contributed by atoms with Gasteiger partial charge in [0.05, 0.1) is 19.1 Å². The number of carbonyl (C=O) groups excluding carboxylic acids is 2. The number of nitro groups is 1. The van der Waals surface area contributed by atoms with Gasteiger partial charge in [-0.1, -0.05) is 48.5 Å². The molecule has 1 aliphatic heterocycles. The van der Waals surface area contributed by atoms with Crippen molar-refractivity contribution in [3.05, 3.63) is 80.9 Å². The SMILES string of the molecule is O=C1[C@@H]2C3c4ccccc4C([N+](=O)[O-])(c4ccccc43)[C@@H]2C(=O)N1CCO. The maximum Gasteiger partial charge on any atom is 0.284 e. The first-order valence-corrected chi connectivity index (χ1v) is 8.84. The minimum atomic E-state index is -1.79. The Labute approximate surface area is 154 Å². The summed E-state index contributed by atoms with van der Waals surface area (Å²) >= 11 is 0. The highest BCUT2D eigenvalue weighted by Crippen LogP contribution is 2.64. The smallest absolute Gasteiger partial charge is 0.284 e. The molecule has 2 aromatic carbocycles. The average molecular weight is 364 g/mol. The molecule has 6 rings (SSSR count). The van der Waals surface area contributed by atoms with Crippen molar-refractivity contribution in [2.45, 2.75) is 11.5 Å². The average Bonchev–Trinajstić information content (AvgIpc) is 2.94. The van der Waals surface area contributed by atoms with Crippen LogP contribution in [-0.2, 0) is 15.1 Å². The molecule has 0 aromatic heterocycles. The van der Waals surface area contributed by atoms with Gasteiger partial charge in [-0.15, -0.1) is 0 Å². The molecule has 2 atom stereocenters. The van der Waals surface area contributed by atoms with Gasteiger partial charge in [0, 0.05) is 22.0 Å². The molecule has 0 radical (unpaired) electrons. The molecule has 2 aromatic rings. The summed E-state index contributed by atoms with van der Waals surface area (Å²) in [6, 6.07) is 14.1. The molecular weight excluding hydrogens is 348 g/mol. The van der Waals surface area contributed by atoms with Gasteiger partial charge in [-0.25, -0.2) is 0 Å². The topological polar surface area (TPSA) is 101 Å². The number of aliphatic hydroxyl groups is 1. The van der Waals surface area contributed by atoms with Crippen molar-refractivity contribution in [3.8, 4) is 0 Å². The molecule has 1 saturated heterocycles. The molecule has 1 heterocycles. The second-order valence-corrected chi connectivity index (χ2v) is 7.23. The summed E-state index contributed by atoms with van der Waals surface area (Å²) in [6.07, 6.45) is 0. The molecule has 136 valence electrons. The van der Waals surface area contributed by atoms with Gasteiger partial charge in [-0.2, -0.15) is 0 Å². The van der Waals surface area contributed by atoms with E-state index in [9.17, 15) is 24.8 Å². The molecule has 0 spiro atoms. The molecule has 0 saturated carbocycles. The Morgan fingerprint density at radius 1 is 1.00 bits per heavy atom. The Morgan fingerprint density at radius 3 is 2.07 bits per heavy atom. The predicted octanol–water partition coefficient (Wildman–Crippen LogP) is 1.26. The molecule has 2 amide bonds. The lowest BCUT2D eigenvalue weighted by Crippen LogP contribution is -2.57. The molecule has 2 bridgehead atoms. The first-order chi connectivity index (χ1) is 13.0. The van der Waals surface area contributed by atoms with E-state index in [0.717, 1.165) is 16.0 Å². The first-order valence-electron chi connectivity index (χ1n) is 8.84. The van der Waals surface area contributed by atoms with Crippen molar-refractivity contribution in [1.29, 1.82) is 0 Å². The zero-order valence-electron chi connectivity index (χ0n) is 14.2. The van der Waals surface area contributed by atoms with Crippen LogP contribution in [0.25, 0.3) is 0 Å². The highest BCUT2D eigenvalue weighted by Gasteiger charge is 2.74. The summed E-state index contributed by atoms with van der Waals surface area (Å²) in [4.78, 5) is 39.4. The van der Waals surface area contributed by atoms with E-state index in [4.69, 9.17) is 0 Å². The minimum absolute atomic E-state index is 0.141. The third-order valence-electron chi connectivity index (χ3n) is 6.28. The summed E-state index contributed by atoms with van der Waals surface area (Å²) < 4.78 is 0. The van der Waals surface area contributed by atoms with Crippen LogP contribution in [-0.4, -0.2) is 39.9 Å². The maximum absolute atomic E-state index is 13.1. The summed E-state index contributed by atoms with van der Waals surface area (Å²) in [5.74, 6) is -3.31. The lowest BCUT2D eigenvalue weighted by molar-refractivity contribution is -0.578. The molecular formula is C20H16N2O5. The van der Waals surface area contributed by atoms with Crippen LogP contribution in [0.4, 0.5) is 0 Å². The summed E-state index contributed by atoms with van der Waals surface area (Å²) in [5.41, 5.74) is 0.671. The number of β-amino-alcohol motifs (C(OH)–C–C–N with tert-alkyl or cyclic N) is 1. The summed E-state index contributed by atoms with van der Waals surface area (Å²) in [6.45, 7) is -0.509. The second kappa shape index (κ2) is 5.23. The van der Waals surface area contributed by atoms with Gasteiger partial charge in [-0.05, 0) is 11.1 Å². The van der Waals surface area contributed by atoms with Gasteiger partial charge < -0.3 is 5.11 Å². The first kappa shape index (κ1) is 16.1. The van der Waals surface area contributed by atoms with E-state index in [0.29, 0.717) is 11.1 Å². The quantitative estimate of drug-likeness (QED) is 0.502. The lowest BCUT2D eigenvalue weighted by atomic mass is 9.51. The van der Waals surface area contributed by atoms with Gasteiger partial charge in [0.2, 0.25) is 11.8 Å². The largest absolute Gasteiger partial charge is 0.395 e. The number of benzene rings is 2. The molecule has 7 nitrogen and oxygen atoms in total. The van der Waals surface area contributed by atoms with Gasteiger partial charge >= 0.3 is 0 Å². The molecule has 7 heteroatoms. The van der Waals surface area contributed by atoms with Crippen molar-refractivity contribution >= 4 is 11.8 Å². The number of aliphatic hydroxyl groups excluding tert-OH is 1. The molecule has 27 heavy (non-hydrogen) atoms. The zero-order valence-corrected chi connectivity index (χ0v) is 14.2. The Hall–Kier alpha value is -3.06. The number of nitrogens with zero attached hydrogens (tertiary/aromatic N) is 2. The third kappa shape index (κ3) is 1.66. The number of carbonyl (C=O) groups is 2. The van der Waals surface area contributed by atoms with E-state index < -0.39 is 40.0 Å². The van der Waals surface area contributed by atoms with E-state index in [2.05, 4.69) is 0 Å². The zero-order chi connectivity index (χ0) is 18.9. The number of hydrogen-bond acceptors (Lipinski definition) is 5. The molecule has 4 aliphatic rings. The van der Waals surface area contributed by atoms with Crippen molar-refractivity contribution in [2.75, 3.05) is 13.2 Å². The fourth-order valence-electron chi connectivity index (χ4n) is 5.42. The van der Waals surface area contributed by atoms with Crippen LogP contribution in [0.2, 0.25) is 0 Å². The van der Waals surface area contributed by atoms with Crippen LogP contribution in [0.1, 0.15) is 28.2 Å². The third-order valence-corrected chi connectivity index (χ3v) is 6.28. The fourth-order valence-corrected chi connectivity index (χ4v) is 5.42. The van der Waals surface area contributed by atoms with Crippen molar-refractivity contribution in [3.63, 3.8) is 0 Å². The van der Waals surface area contributed by atoms with Gasteiger partial charge in [0.1, 0.15) is 5.92 Å². The highest BCUT2D eigenvalue weighted by atomic mass is 16.6. The molecule has 1 fully saturated rings. The van der Waals surface area contributed by atoms with Crippen LogP contribution >= 0.6 is 0 Å². The molecule has 1 N–H and O–H groups in total. The van der Waals surface area contributed by atoms with Crippen LogP contribution in [0.5, 0.6) is 0 Å². The van der Waals surface area contributed by atoms with Crippen molar-refractivity contribution in [1.82, 2.24) is 4.90 Å². The number of hydrogen-bond donors (Lipinski definition) is 1. The second-order valence-electron chi connectivity index (χ2n) is 7.23. The van der Waals surface area contributed by atoms with Crippen LogP contribution < -0.4 is 0 Å². The van der Waals surface area contributed by atoms with E-state index in [1.165, 1.54) is 0 Å². The van der Waals surface area contributed by atoms with Crippen LogP contribution in [0, 0.1) is 22.0 Å². The normalized spacial score (nSPS) is 30.1. The number of likely N-dealkylation sites (tertiary alicyclic amines) is 1. The van der Waals surface area contributed by atoms with Gasteiger partial charge in [-0.3, -0.25) is 24.6 Å². The van der Waals surface area contributed by atoms with Crippen LogP contribution in [0.3, 0.4) is 0 Å². The van der Waals surface area contributed by atoms with Crippen molar-refractivity contribution in [2.24, 2.45) is 11.8 Å². The monoisotopic (exact) mass is 364 g/mol. The number of imide groups is 1. The van der Waals surface area contributed by atoms with E-state index in [1.54, 1.807) is 36.4 Å². The van der Waals surface area contributed by atoms with Crippen LogP contribution in [0.15, 0.2) is 48.5 Å². The summed E-state index contributed by atoms with van der Waals surface area (Å²) in [7, 11) is 0. The molecule has 0 unspecified atom stereocenters. The number of rotatable bonds is 3. The maximum atomic E-state index is 13.1. The van der Waals surface area contributed by atoms with Crippen molar-refractivity contribution < 1.29 is 19.6 Å². The highest BCUT2D eigenvalue weighted by molar-refractivity contribution is 6.08. The Morgan fingerprint density at radius 2 is 1.56 bits per heavy atom. The van der Waals surface area contributed by atoms with E-state index in [1.807, 2.05) is 12.1 Å². The number of amides is 2. The molecule has 3 aliphatic carbocycles. The Balaban J connectivity index is 1.89.